The number of aliphatic hydroxyl groups is 1. The van der Waals surface area contributed by atoms with Crippen molar-refractivity contribution in [3.05, 3.63) is 0 Å². The summed E-state index contributed by atoms with van der Waals surface area (Å²) in [6, 6.07) is 0. The highest BCUT2D eigenvalue weighted by Crippen LogP contribution is 2.45. The Hall–Kier alpha value is -1.94. The largest absolute Gasteiger partial charge is 0.472 e. The predicted octanol–water partition coefficient (Wildman–Crippen LogP) is 26.4. The van der Waals surface area contributed by atoms with Crippen molar-refractivity contribution < 1.29 is 80.2 Å². The van der Waals surface area contributed by atoms with E-state index in [1.54, 1.807) is 0 Å². The molecule has 0 amide bonds. The molecule has 0 spiro atoms. The Balaban J connectivity index is 5.22. The monoisotopic (exact) mass is 1540 g/mol. The quantitative estimate of drug-likeness (QED) is 0.0222. The minimum Gasteiger partial charge on any atom is -0.462 e. The van der Waals surface area contributed by atoms with E-state index < -0.39 is 97.5 Å². The molecule has 0 aliphatic rings. The standard InChI is InChI=1S/C86H168O17P2/c1-6-10-13-16-19-22-25-27-28-29-30-34-37-41-45-50-55-60-65-70-84(89)97-76-82(103-86(91)72-67-62-57-52-47-42-38-35-32-31-33-36-40-44-48-53-58-63-68-79(5)9-4)78-101-105(94,95)99-74-80(87)73-98-104(92,93)100-77-81(75-96-83(88)69-64-59-54-49-43-24-21-18-15-12-8-3)102-85(90)71-66-61-56-51-46-39-26-23-20-17-14-11-7-2/h79-82,87H,6-78H2,1-5H3,(H,92,93)(H,94,95)/t79?,80-,81+,82+/m0/s1. The summed E-state index contributed by atoms with van der Waals surface area (Å²) in [4.78, 5) is 73.2. The molecule has 0 bridgehead atoms. The third kappa shape index (κ3) is 78.5. The molecule has 6 atom stereocenters. The molecule has 3 N–H and O–H groups in total. The fourth-order valence-corrected chi connectivity index (χ4v) is 15.0. The van der Waals surface area contributed by atoms with Gasteiger partial charge in [0.2, 0.25) is 0 Å². The lowest BCUT2D eigenvalue weighted by molar-refractivity contribution is -0.161. The Labute approximate surface area is 645 Å². The van der Waals surface area contributed by atoms with Crippen LogP contribution in [-0.4, -0.2) is 96.7 Å². The number of hydrogen-bond donors (Lipinski definition) is 3. The summed E-state index contributed by atoms with van der Waals surface area (Å²) in [6.07, 6.45) is 72.1. The zero-order chi connectivity index (χ0) is 76.9. The highest BCUT2D eigenvalue weighted by atomic mass is 31.2. The van der Waals surface area contributed by atoms with Crippen molar-refractivity contribution in [3.63, 3.8) is 0 Å². The van der Waals surface area contributed by atoms with Crippen LogP contribution in [0.1, 0.15) is 465 Å². The topological polar surface area (TPSA) is 237 Å². The highest BCUT2D eigenvalue weighted by Gasteiger charge is 2.30. The molecule has 624 valence electrons. The van der Waals surface area contributed by atoms with Gasteiger partial charge in [-0.15, -0.1) is 0 Å². The summed E-state index contributed by atoms with van der Waals surface area (Å²) >= 11 is 0. The molecule has 3 unspecified atom stereocenters. The van der Waals surface area contributed by atoms with Crippen molar-refractivity contribution in [1.82, 2.24) is 0 Å². The number of esters is 4. The van der Waals surface area contributed by atoms with Gasteiger partial charge in [-0.25, -0.2) is 9.13 Å². The van der Waals surface area contributed by atoms with E-state index >= 15 is 0 Å². The van der Waals surface area contributed by atoms with E-state index in [4.69, 9.17) is 37.0 Å². The Kier molecular flexibility index (Phi) is 77.3. The molecular weight excluding hydrogens is 1370 g/mol. The van der Waals surface area contributed by atoms with E-state index in [-0.39, 0.29) is 25.7 Å². The second-order valence-electron chi connectivity index (χ2n) is 31.2. The van der Waals surface area contributed by atoms with Gasteiger partial charge in [0, 0.05) is 25.7 Å². The van der Waals surface area contributed by atoms with Crippen molar-refractivity contribution in [2.75, 3.05) is 39.6 Å². The SMILES string of the molecule is CCCCCCCCCCCCCCCCCCCCCC(=O)OC[C@H](COP(=O)(O)OC[C@@H](O)COP(=O)(O)OC[C@@H](COC(=O)CCCCCCCCCCCCC)OC(=O)CCCCCCCCCCCCCCC)OC(=O)CCCCCCCCCCCCCCCCCCCCC(C)CC. The molecule has 0 heterocycles. The summed E-state index contributed by atoms with van der Waals surface area (Å²) < 4.78 is 68.9. The second-order valence-corrected chi connectivity index (χ2v) is 34.1. The Morgan fingerprint density at radius 3 is 0.676 bits per heavy atom. The molecule has 0 aliphatic carbocycles. The average Bonchev–Trinajstić information content (AvgIpc) is 0.909. The van der Waals surface area contributed by atoms with Crippen LogP contribution in [0.2, 0.25) is 0 Å². The normalized spacial score (nSPS) is 14.0. The number of phosphoric ester groups is 2. The number of hydrogen-bond acceptors (Lipinski definition) is 15. The Morgan fingerprint density at radius 1 is 0.267 bits per heavy atom. The highest BCUT2D eigenvalue weighted by molar-refractivity contribution is 7.47. The number of unbranched alkanes of at least 4 members (excludes halogenated alkanes) is 57. The molecule has 105 heavy (non-hydrogen) atoms. The van der Waals surface area contributed by atoms with Gasteiger partial charge in [0.05, 0.1) is 26.4 Å². The van der Waals surface area contributed by atoms with Crippen molar-refractivity contribution in [2.45, 2.75) is 483 Å². The number of phosphoric acid groups is 2. The van der Waals surface area contributed by atoms with E-state index in [2.05, 4.69) is 34.6 Å². The summed E-state index contributed by atoms with van der Waals surface area (Å²) in [5.74, 6) is -1.23. The predicted molar refractivity (Wildman–Crippen MR) is 432 cm³/mol. The van der Waals surface area contributed by atoms with Crippen LogP contribution in [0.5, 0.6) is 0 Å². The van der Waals surface area contributed by atoms with Crippen molar-refractivity contribution in [1.29, 1.82) is 0 Å². The second kappa shape index (κ2) is 78.7. The maximum Gasteiger partial charge on any atom is 0.472 e. The lowest BCUT2D eigenvalue weighted by atomic mass is 9.99. The average molecular weight is 1540 g/mol. The van der Waals surface area contributed by atoms with Gasteiger partial charge < -0.3 is 33.8 Å². The fraction of sp³-hybridized carbons (Fsp3) is 0.953. The molecule has 0 aliphatic heterocycles. The van der Waals surface area contributed by atoms with E-state index in [0.717, 1.165) is 95.8 Å². The summed E-state index contributed by atoms with van der Waals surface area (Å²) in [7, 11) is -9.92. The molecule has 0 aromatic rings. The maximum absolute atomic E-state index is 13.1. The van der Waals surface area contributed by atoms with Gasteiger partial charge in [-0.2, -0.15) is 0 Å². The number of carbonyl (C=O) groups excluding carboxylic acids is 4. The Bertz CT molecular complexity index is 2000. The fourth-order valence-electron chi connectivity index (χ4n) is 13.4. The molecule has 0 radical (unpaired) electrons. The van der Waals surface area contributed by atoms with Crippen LogP contribution >= 0.6 is 15.6 Å². The first-order valence-corrected chi connectivity index (χ1v) is 47.7. The third-order valence-electron chi connectivity index (χ3n) is 20.6. The molecule has 0 saturated carbocycles. The van der Waals surface area contributed by atoms with Crippen LogP contribution < -0.4 is 0 Å². The van der Waals surface area contributed by atoms with E-state index in [0.29, 0.717) is 25.7 Å². The van der Waals surface area contributed by atoms with Crippen LogP contribution in [0.4, 0.5) is 0 Å². The molecule has 0 aromatic carbocycles. The van der Waals surface area contributed by atoms with Crippen molar-refractivity contribution in [3.8, 4) is 0 Å². The number of ether oxygens (including phenoxy) is 4. The van der Waals surface area contributed by atoms with Gasteiger partial charge >= 0.3 is 39.5 Å². The molecule has 0 fully saturated rings. The molecule has 0 rings (SSSR count). The third-order valence-corrected chi connectivity index (χ3v) is 22.5. The van der Waals surface area contributed by atoms with Crippen LogP contribution in [0.15, 0.2) is 0 Å². The van der Waals surface area contributed by atoms with E-state index in [9.17, 15) is 43.2 Å². The van der Waals surface area contributed by atoms with Crippen molar-refractivity contribution >= 4 is 39.5 Å². The first-order valence-electron chi connectivity index (χ1n) is 44.7. The summed E-state index contributed by atoms with van der Waals surface area (Å²) in [5.41, 5.74) is 0. The maximum atomic E-state index is 13.1. The van der Waals surface area contributed by atoms with Gasteiger partial charge in [0.25, 0.3) is 0 Å². The lowest BCUT2D eigenvalue weighted by Gasteiger charge is -2.21. The lowest BCUT2D eigenvalue weighted by Crippen LogP contribution is -2.30. The number of aliphatic hydroxyl groups excluding tert-OH is 1. The molecule has 17 nitrogen and oxygen atoms in total. The van der Waals surface area contributed by atoms with Gasteiger partial charge in [-0.1, -0.05) is 413 Å². The molecule has 0 saturated heterocycles. The van der Waals surface area contributed by atoms with Gasteiger partial charge in [0.15, 0.2) is 12.2 Å². The minimum absolute atomic E-state index is 0.108. The van der Waals surface area contributed by atoms with E-state index in [1.165, 1.54) is 289 Å². The zero-order valence-electron chi connectivity index (χ0n) is 68.9. The first kappa shape index (κ1) is 103. The summed E-state index contributed by atoms with van der Waals surface area (Å²) in [6.45, 7) is 7.43. The molecule has 19 heteroatoms. The van der Waals surface area contributed by atoms with Gasteiger partial charge in [-0.05, 0) is 31.6 Å². The van der Waals surface area contributed by atoms with Gasteiger partial charge in [0.1, 0.15) is 19.3 Å². The van der Waals surface area contributed by atoms with Crippen LogP contribution in [-0.2, 0) is 65.4 Å². The van der Waals surface area contributed by atoms with E-state index in [1.807, 2.05) is 0 Å². The number of rotatable bonds is 86. The van der Waals surface area contributed by atoms with Crippen molar-refractivity contribution in [2.24, 2.45) is 5.92 Å². The first-order chi connectivity index (χ1) is 51.1. The van der Waals surface area contributed by atoms with Gasteiger partial charge in [-0.3, -0.25) is 37.3 Å². The van der Waals surface area contributed by atoms with Crippen LogP contribution in [0, 0.1) is 5.92 Å². The minimum atomic E-state index is -4.97. The molecular formula is C86H168O17P2. The summed E-state index contributed by atoms with van der Waals surface area (Å²) in [5, 5.41) is 10.7. The smallest absolute Gasteiger partial charge is 0.462 e. The molecule has 0 aromatic heterocycles. The Morgan fingerprint density at radius 2 is 0.457 bits per heavy atom. The van der Waals surface area contributed by atoms with Crippen LogP contribution in [0.3, 0.4) is 0 Å². The van der Waals surface area contributed by atoms with Crippen LogP contribution in [0.25, 0.3) is 0 Å². The number of carbonyl (C=O) groups is 4. The zero-order valence-corrected chi connectivity index (χ0v) is 70.7.